The average Bonchev–Trinajstić information content (AvgIpc) is 3.28. The van der Waals surface area contributed by atoms with Gasteiger partial charge in [0.2, 0.25) is 0 Å². The molecular formula is C29H35N5O. The largest absolute Gasteiger partial charge is 0.372 e. The summed E-state index contributed by atoms with van der Waals surface area (Å²) >= 11 is 0. The number of anilines is 1. The van der Waals surface area contributed by atoms with Gasteiger partial charge in [-0.25, -0.2) is 9.97 Å². The SMILES string of the molecule is CC1CCN(c2ccc(-c3nc4nccc(C(=O)NC56CC7CC(CC(C7)C5)C6)c4[nH]3)cc2)CC1. The number of nitrogens with one attached hydrogen (secondary N) is 2. The lowest BCUT2D eigenvalue weighted by atomic mass is 9.53. The summed E-state index contributed by atoms with van der Waals surface area (Å²) in [6.07, 6.45) is 11.8. The van der Waals surface area contributed by atoms with Crippen LogP contribution in [0, 0.1) is 23.7 Å². The lowest BCUT2D eigenvalue weighted by Gasteiger charge is -2.56. The molecule has 5 fully saturated rings. The van der Waals surface area contributed by atoms with Gasteiger partial charge in [0.15, 0.2) is 5.65 Å². The molecule has 35 heavy (non-hydrogen) atoms. The number of hydrogen-bond acceptors (Lipinski definition) is 4. The second-order valence-electron chi connectivity index (χ2n) is 12.0. The second kappa shape index (κ2) is 8.07. The molecule has 6 nitrogen and oxygen atoms in total. The molecule has 8 rings (SSSR count). The van der Waals surface area contributed by atoms with Crippen molar-refractivity contribution in [2.24, 2.45) is 23.7 Å². The highest BCUT2D eigenvalue weighted by Gasteiger charge is 2.51. The number of aromatic nitrogens is 3. The molecule has 4 saturated carbocycles. The number of imidazole rings is 1. The monoisotopic (exact) mass is 469 g/mol. The normalized spacial score (nSPS) is 30.2. The first-order valence-electron chi connectivity index (χ1n) is 13.6. The van der Waals surface area contributed by atoms with Gasteiger partial charge < -0.3 is 15.2 Å². The zero-order valence-electron chi connectivity index (χ0n) is 20.6. The number of nitrogens with zero attached hydrogens (tertiary/aromatic N) is 3. The van der Waals surface area contributed by atoms with Crippen LogP contribution in [0.1, 0.15) is 68.6 Å². The van der Waals surface area contributed by atoms with Crippen molar-refractivity contribution >= 4 is 22.8 Å². The van der Waals surface area contributed by atoms with Gasteiger partial charge in [-0.05, 0) is 105 Å². The number of aromatic amines is 1. The van der Waals surface area contributed by atoms with E-state index in [1.807, 2.05) is 6.07 Å². The standard InChI is InChI=1S/C29H35N5O/c1-18-7-10-34(11-8-18)23-4-2-22(3-5-23)26-31-25-24(6-9-30-27(25)32-26)28(35)33-29-15-19-12-20(16-29)14-21(13-19)17-29/h2-6,9,18-21H,7-8,10-17H2,1H3,(H,33,35)(H,30,31,32). The van der Waals surface area contributed by atoms with Crippen LogP contribution < -0.4 is 10.2 Å². The van der Waals surface area contributed by atoms with Crippen LogP contribution in [0.25, 0.3) is 22.6 Å². The molecule has 182 valence electrons. The third-order valence-electron chi connectivity index (χ3n) is 9.34. The van der Waals surface area contributed by atoms with E-state index in [1.165, 1.54) is 37.8 Å². The van der Waals surface area contributed by atoms with Crippen molar-refractivity contribution in [1.29, 1.82) is 0 Å². The summed E-state index contributed by atoms with van der Waals surface area (Å²) in [5.41, 5.74) is 4.27. The predicted octanol–water partition coefficient (Wildman–Crippen LogP) is 5.56. The fraction of sp³-hybridized carbons (Fsp3) is 0.552. The topological polar surface area (TPSA) is 73.9 Å². The Balaban J connectivity index is 1.13. The number of carbonyl (C=O) groups is 1. The number of rotatable bonds is 4. The Hall–Kier alpha value is -2.89. The highest BCUT2D eigenvalue weighted by atomic mass is 16.1. The van der Waals surface area contributed by atoms with Crippen molar-refractivity contribution in [2.45, 2.75) is 63.8 Å². The summed E-state index contributed by atoms with van der Waals surface area (Å²) < 4.78 is 0. The third-order valence-corrected chi connectivity index (χ3v) is 9.34. The van der Waals surface area contributed by atoms with Crippen molar-refractivity contribution < 1.29 is 4.79 Å². The molecule has 1 amide bonds. The van der Waals surface area contributed by atoms with Crippen LogP contribution in [-0.4, -0.2) is 39.5 Å². The van der Waals surface area contributed by atoms with E-state index in [2.05, 4.69) is 51.4 Å². The van der Waals surface area contributed by atoms with Crippen molar-refractivity contribution in [3.05, 3.63) is 42.1 Å². The maximum atomic E-state index is 13.5. The highest BCUT2D eigenvalue weighted by Crippen LogP contribution is 2.55. The molecule has 2 aromatic heterocycles. The van der Waals surface area contributed by atoms with Gasteiger partial charge in [-0.2, -0.15) is 0 Å². The number of H-pyrrole nitrogens is 1. The summed E-state index contributed by atoms with van der Waals surface area (Å²) in [6.45, 7) is 4.59. The highest BCUT2D eigenvalue weighted by molar-refractivity contribution is 6.04. The number of benzene rings is 1. The quantitative estimate of drug-likeness (QED) is 0.525. The van der Waals surface area contributed by atoms with Crippen molar-refractivity contribution in [1.82, 2.24) is 20.3 Å². The Labute approximate surface area is 206 Å². The number of hydrogen-bond donors (Lipinski definition) is 2. The van der Waals surface area contributed by atoms with Crippen molar-refractivity contribution in [3.63, 3.8) is 0 Å². The Kier molecular flexibility index (Phi) is 4.94. The first-order valence-corrected chi connectivity index (χ1v) is 13.6. The minimum absolute atomic E-state index is 0.00758. The molecule has 0 unspecified atom stereocenters. The second-order valence-corrected chi connectivity index (χ2v) is 12.0. The molecule has 1 saturated heterocycles. The van der Waals surface area contributed by atoms with E-state index in [-0.39, 0.29) is 11.4 Å². The van der Waals surface area contributed by atoms with Gasteiger partial charge in [0.25, 0.3) is 5.91 Å². The molecule has 3 aromatic rings. The number of carbonyl (C=O) groups excluding carboxylic acids is 1. The molecule has 6 heteroatoms. The smallest absolute Gasteiger partial charge is 0.254 e. The van der Waals surface area contributed by atoms with Gasteiger partial charge in [0.1, 0.15) is 5.82 Å². The molecule has 4 aliphatic carbocycles. The molecule has 0 spiro atoms. The van der Waals surface area contributed by atoms with Gasteiger partial charge in [0.05, 0.1) is 11.1 Å². The summed E-state index contributed by atoms with van der Waals surface area (Å²) in [7, 11) is 0. The van der Waals surface area contributed by atoms with E-state index in [1.54, 1.807) is 6.20 Å². The van der Waals surface area contributed by atoms with E-state index in [9.17, 15) is 4.79 Å². The Morgan fingerprint density at radius 1 is 1.00 bits per heavy atom. The number of fused-ring (bicyclic) bond motifs is 1. The van der Waals surface area contributed by atoms with E-state index >= 15 is 0 Å². The van der Waals surface area contributed by atoms with Crippen LogP contribution in [0.15, 0.2) is 36.5 Å². The van der Waals surface area contributed by atoms with Crippen molar-refractivity contribution in [2.75, 3.05) is 18.0 Å². The molecule has 4 bridgehead atoms. The molecule has 0 radical (unpaired) electrons. The summed E-state index contributed by atoms with van der Waals surface area (Å²) in [4.78, 5) is 28.6. The Morgan fingerprint density at radius 3 is 2.31 bits per heavy atom. The number of piperidine rings is 1. The fourth-order valence-corrected chi connectivity index (χ4v) is 7.91. The van der Waals surface area contributed by atoms with Gasteiger partial charge >= 0.3 is 0 Å². The van der Waals surface area contributed by atoms with Crippen LogP contribution in [-0.2, 0) is 0 Å². The first kappa shape index (κ1) is 21.4. The lowest BCUT2D eigenvalue weighted by molar-refractivity contribution is -0.0166. The van der Waals surface area contributed by atoms with Gasteiger partial charge in [-0.15, -0.1) is 0 Å². The molecule has 1 aliphatic heterocycles. The van der Waals surface area contributed by atoms with E-state index in [0.29, 0.717) is 11.2 Å². The summed E-state index contributed by atoms with van der Waals surface area (Å²) in [5, 5.41) is 3.51. The summed E-state index contributed by atoms with van der Waals surface area (Å²) in [5.74, 6) is 4.01. The van der Waals surface area contributed by atoms with E-state index in [0.717, 1.165) is 72.9 Å². The average molecular weight is 470 g/mol. The molecule has 5 aliphatic rings. The van der Waals surface area contributed by atoms with Crippen LogP contribution in [0.2, 0.25) is 0 Å². The van der Waals surface area contributed by atoms with Crippen LogP contribution in [0.4, 0.5) is 5.69 Å². The predicted molar refractivity (Wildman–Crippen MR) is 138 cm³/mol. The minimum Gasteiger partial charge on any atom is -0.372 e. The molecule has 1 aromatic carbocycles. The molecule has 3 heterocycles. The van der Waals surface area contributed by atoms with Gasteiger partial charge in [-0.3, -0.25) is 4.79 Å². The maximum Gasteiger partial charge on any atom is 0.254 e. The Morgan fingerprint density at radius 2 is 1.66 bits per heavy atom. The Bertz CT molecular complexity index is 1220. The van der Waals surface area contributed by atoms with Gasteiger partial charge in [0, 0.05) is 36.1 Å². The van der Waals surface area contributed by atoms with Crippen LogP contribution in [0.3, 0.4) is 0 Å². The first-order chi connectivity index (χ1) is 17.0. The third kappa shape index (κ3) is 3.82. The zero-order chi connectivity index (χ0) is 23.6. The number of amides is 1. The van der Waals surface area contributed by atoms with Crippen LogP contribution in [0.5, 0.6) is 0 Å². The number of pyridine rings is 1. The van der Waals surface area contributed by atoms with Gasteiger partial charge in [-0.1, -0.05) is 6.92 Å². The maximum absolute atomic E-state index is 13.5. The minimum atomic E-state index is -0.00758. The van der Waals surface area contributed by atoms with E-state index in [4.69, 9.17) is 4.98 Å². The fourth-order valence-electron chi connectivity index (χ4n) is 7.91. The lowest BCUT2D eigenvalue weighted by Crippen LogP contribution is -2.59. The molecule has 2 N–H and O–H groups in total. The van der Waals surface area contributed by atoms with Crippen molar-refractivity contribution in [3.8, 4) is 11.4 Å². The zero-order valence-corrected chi connectivity index (χ0v) is 20.6. The van der Waals surface area contributed by atoms with E-state index < -0.39 is 0 Å². The summed E-state index contributed by atoms with van der Waals surface area (Å²) in [6, 6.07) is 10.5. The molecular weight excluding hydrogens is 434 g/mol. The van der Waals surface area contributed by atoms with Crippen LogP contribution >= 0.6 is 0 Å². The molecule has 0 atom stereocenters.